The van der Waals surface area contributed by atoms with E-state index in [-0.39, 0.29) is 0 Å². The third-order valence-corrected chi connectivity index (χ3v) is 7.79. The molecule has 0 atom stereocenters. The fourth-order valence-electron chi connectivity index (χ4n) is 6.05. The smallest absolute Gasteiger partial charge is 0.0785 e. The van der Waals surface area contributed by atoms with Crippen LogP contribution in [-0.4, -0.2) is 0 Å². The highest BCUT2D eigenvalue weighted by Crippen LogP contribution is 2.42. The maximum Gasteiger partial charge on any atom is 0.0785 e. The molecule has 0 N–H and O–H groups in total. The number of hydrogen-bond acceptors (Lipinski definition) is 2. The Morgan fingerprint density at radius 1 is 0.375 bits per heavy atom. The van der Waals surface area contributed by atoms with E-state index in [1.54, 1.807) is 0 Å². The first kappa shape index (κ1) is 24.0. The average Bonchev–Trinajstić information content (AvgIpc) is 3.02. The summed E-state index contributed by atoms with van der Waals surface area (Å²) in [5.41, 5.74) is 12.0. The molecule has 0 radical (unpaired) electrons. The number of para-hydroxylation sites is 2. The van der Waals surface area contributed by atoms with Crippen LogP contribution in [0, 0.1) is 0 Å². The van der Waals surface area contributed by atoms with Crippen molar-refractivity contribution in [1.82, 2.24) is 0 Å². The Bertz CT molecular complexity index is 1740. The molecule has 0 spiro atoms. The third-order valence-electron chi connectivity index (χ3n) is 7.79. The topological polar surface area (TPSA) is 6.48 Å². The summed E-state index contributed by atoms with van der Waals surface area (Å²) >= 11 is 0. The standard InChI is InChI=1S/C38H30N2/c1-27-25-35(29-15-7-3-8-16-29)33-23-24-34-36(30-17-9-4-10-18-30)26-28(2)40(32-21-13-6-14-22-32)38(34)37(33)39(27)31-19-11-5-12-20-31/h3-26H,1-2H3. The normalized spacial score (nSPS) is 14.3. The van der Waals surface area contributed by atoms with Crippen LogP contribution < -0.4 is 20.2 Å². The van der Waals surface area contributed by atoms with Gasteiger partial charge in [-0.2, -0.15) is 0 Å². The van der Waals surface area contributed by atoms with Gasteiger partial charge in [0.25, 0.3) is 0 Å². The van der Waals surface area contributed by atoms with Crippen LogP contribution >= 0.6 is 0 Å². The Hall–Kier alpha value is -5.08. The second-order valence-corrected chi connectivity index (χ2v) is 10.3. The second-order valence-electron chi connectivity index (χ2n) is 10.3. The predicted molar refractivity (Wildman–Crippen MR) is 168 cm³/mol. The summed E-state index contributed by atoms with van der Waals surface area (Å²) in [6.07, 6.45) is 4.66. The van der Waals surface area contributed by atoms with Gasteiger partial charge in [-0.3, -0.25) is 0 Å². The first-order valence-corrected chi connectivity index (χ1v) is 13.8. The van der Waals surface area contributed by atoms with Crippen molar-refractivity contribution in [3.8, 4) is 0 Å². The molecule has 0 unspecified atom stereocenters. The van der Waals surface area contributed by atoms with Gasteiger partial charge in [-0.05, 0) is 72.5 Å². The van der Waals surface area contributed by atoms with Gasteiger partial charge in [-0.25, -0.2) is 0 Å². The summed E-state index contributed by atoms with van der Waals surface area (Å²) in [7, 11) is 0. The zero-order valence-corrected chi connectivity index (χ0v) is 22.8. The van der Waals surface area contributed by atoms with Gasteiger partial charge in [0.05, 0.1) is 11.4 Å². The molecular weight excluding hydrogens is 484 g/mol. The van der Waals surface area contributed by atoms with E-state index in [4.69, 9.17) is 0 Å². The van der Waals surface area contributed by atoms with E-state index in [0.717, 1.165) is 11.4 Å². The van der Waals surface area contributed by atoms with Crippen molar-refractivity contribution in [2.45, 2.75) is 13.8 Å². The van der Waals surface area contributed by atoms with E-state index in [1.807, 2.05) is 0 Å². The van der Waals surface area contributed by atoms with Gasteiger partial charge < -0.3 is 9.80 Å². The van der Waals surface area contributed by atoms with Crippen molar-refractivity contribution in [2.24, 2.45) is 0 Å². The molecule has 40 heavy (non-hydrogen) atoms. The minimum atomic E-state index is 1.15. The van der Waals surface area contributed by atoms with Crippen LogP contribution in [0.25, 0.3) is 11.1 Å². The third kappa shape index (κ3) is 3.97. The number of benzene rings is 5. The van der Waals surface area contributed by atoms with Crippen LogP contribution in [0.3, 0.4) is 0 Å². The molecule has 5 aromatic rings. The fourth-order valence-corrected chi connectivity index (χ4v) is 6.05. The Morgan fingerprint density at radius 3 is 1.05 bits per heavy atom. The predicted octanol–water partition coefficient (Wildman–Crippen LogP) is 8.20. The summed E-state index contributed by atoms with van der Waals surface area (Å²) in [4.78, 5) is 4.86. The molecule has 0 saturated carbocycles. The molecule has 0 amide bonds. The first-order valence-electron chi connectivity index (χ1n) is 13.8. The number of allylic oxidation sites excluding steroid dienone is 4. The number of anilines is 4. The van der Waals surface area contributed by atoms with E-state index >= 15 is 0 Å². The fraction of sp³-hybridized carbons (Fsp3) is 0.0526. The molecule has 7 rings (SSSR count). The molecule has 2 aliphatic heterocycles. The average molecular weight is 515 g/mol. The highest BCUT2D eigenvalue weighted by atomic mass is 15.2. The van der Waals surface area contributed by atoms with Crippen molar-refractivity contribution in [2.75, 3.05) is 9.80 Å². The Balaban J connectivity index is 1.67. The van der Waals surface area contributed by atoms with E-state index in [9.17, 15) is 0 Å². The molecule has 192 valence electrons. The largest absolute Gasteiger partial charge is 0.312 e. The summed E-state index contributed by atoms with van der Waals surface area (Å²) < 4.78 is 0. The monoisotopic (exact) mass is 514 g/mol. The lowest BCUT2D eigenvalue weighted by Crippen LogP contribution is -2.36. The van der Waals surface area contributed by atoms with Crippen LogP contribution in [0.15, 0.2) is 157 Å². The van der Waals surface area contributed by atoms with Gasteiger partial charge in [-0.1, -0.05) is 109 Å². The van der Waals surface area contributed by atoms with Gasteiger partial charge in [0.2, 0.25) is 0 Å². The minimum Gasteiger partial charge on any atom is -0.312 e. The zero-order chi connectivity index (χ0) is 27.1. The van der Waals surface area contributed by atoms with Crippen LogP contribution in [0.5, 0.6) is 0 Å². The van der Waals surface area contributed by atoms with Crippen molar-refractivity contribution < 1.29 is 0 Å². The number of rotatable bonds is 4. The molecular formula is C38H30N2. The quantitative estimate of drug-likeness (QED) is 0.239. The summed E-state index contributed by atoms with van der Waals surface area (Å²) in [6, 6.07) is 47.6. The SMILES string of the molecule is CC1=CC(c2ccccc2)=c2ccc3c(c2N1c1ccccc1)N(c1ccccc1)C(C)=CC=3c1ccccc1. The molecule has 2 nitrogen and oxygen atoms in total. The molecule has 0 aliphatic carbocycles. The molecule has 5 aromatic carbocycles. The van der Waals surface area contributed by atoms with Gasteiger partial charge in [0, 0.05) is 33.2 Å². The lowest BCUT2D eigenvalue weighted by Gasteiger charge is -2.38. The van der Waals surface area contributed by atoms with Crippen molar-refractivity contribution in [3.63, 3.8) is 0 Å². The van der Waals surface area contributed by atoms with Crippen molar-refractivity contribution in [1.29, 1.82) is 0 Å². The first-order chi connectivity index (χ1) is 19.7. The lowest BCUT2D eigenvalue weighted by atomic mass is 9.91. The zero-order valence-electron chi connectivity index (χ0n) is 22.8. The maximum atomic E-state index is 2.43. The molecule has 0 saturated heterocycles. The number of fused-ring (bicyclic) bond motifs is 3. The maximum absolute atomic E-state index is 2.43. The highest BCUT2D eigenvalue weighted by Gasteiger charge is 2.29. The molecule has 0 aromatic heterocycles. The van der Waals surface area contributed by atoms with Crippen molar-refractivity contribution in [3.05, 3.63) is 179 Å². The van der Waals surface area contributed by atoms with Crippen LogP contribution in [0.4, 0.5) is 22.7 Å². The highest BCUT2D eigenvalue weighted by molar-refractivity contribution is 5.96. The Labute approximate surface area is 235 Å². The van der Waals surface area contributed by atoms with E-state index in [0.29, 0.717) is 0 Å². The lowest BCUT2D eigenvalue weighted by molar-refractivity contribution is 1.08. The van der Waals surface area contributed by atoms with E-state index in [1.165, 1.54) is 55.5 Å². The molecule has 0 bridgehead atoms. The number of hydrogen-bond donors (Lipinski definition) is 0. The minimum absolute atomic E-state index is 1.15. The Morgan fingerprint density at radius 2 is 0.700 bits per heavy atom. The van der Waals surface area contributed by atoms with Gasteiger partial charge >= 0.3 is 0 Å². The summed E-state index contributed by atoms with van der Waals surface area (Å²) in [6.45, 7) is 4.44. The summed E-state index contributed by atoms with van der Waals surface area (Å²) in [5.74, 6) is 0. The van der Waals surface area contributed by atoms with E-state index < -0.39 is 0 Å². The molecule has 0 fully saturated rings. The van der Waals surface area contributed by atoms with Crippen LogP contribution in [-0.2, 0) is 0 Å². The molecule has 2 aliphatic rings. The number of nitrogens with zero attached hydrogens (tertiary/aromatic N) is 2. The van der Waals surface area contributed by atoms with Crippen LogP contribution in [0.1, 0.15) is 25.0 Å². The van der Waals surface area contributed by atoms with Gasteiger partial charge in [-0.15, -0.1) is 0 Å². The van der Waals surface area contributed by atoms with Crippen LogP contribution in [0.2, 0.25) is 0 Å². The summed E-state index contributed by atoms with van der Waals surface area (Å²) in [5, 5.41) is 2.45. The molecule has 2 heteroatoms. The molecule has 2 heterocycles. The second kappa shape index (κ2) is 9.91. The van der Waals surface area contributed by atoms with Gasteiger partial charge in [0.1, 0.15) is 0 Å². The van der Waals surface area contributed by atoms with Crippen molar-refractivity contribution >= 4 is 33.9 Å². The Kier molecular flexibility index (Phi) is 5.94. The van der Waals surface area contributed by atoms with E-state index in [2.05, 4.69) is 169 Å². The van der Waals surface area contributed by atoms with Gasteiger partial charge in [0.15, 0.2) is 0 Å².